The number of hydrogen-bond donors (Lipinski definition) is 0. The molecule has 0 fully saturated rings. The van der Waals surface area contributed by atoms with E-state index in [-0.39, 0.29) is 19.5 Å². The number of carbonyl (C=O) groups excluding carboxylic acids is 2. The van der Waals surface area contributed by atoms with Crippen molar-refractivity contribution < 1.29 is 49.5 Å². The van der Waals surface area contributed by atoms with Crippen LogP contribution < -0.4 is 20.4 Å². The van der Waals surface area contributed by atoms with Crippen LogP contribution in [-0.2, 0) is 19.5 Å². The van der Waals surface area contributed by atoms with Gasteiger partial charge in [-0.05, 0) is 85.1 Å². The van der Waals surface area contributed by atoms with Gasteiger partial charge in [-0.15, -0.1) is 0 Å². The zero-order valence-electron chi connectivity index (χ0n) is 23.3. The van der Waals surface area contributed by atoms with Crippen molar-refractivity contribution in [2.45, 2.75) is 0 Å². The molecule has 0 radical (unpaired) electrons. The molecule has 6 aromatic rings. The summed E-state index contributed by atoms with van der Waals surface area (Å²) in [6.45, 7) is 0. The molecule has 45 heavy (non-hydrogen) atoms. The average molecular weight is 690 g/mol. The van der Waals surface area contributed by atoms with E-state index in [2.05, 4.69) is 29.9 Å². The van der Waals surface area contributed by atoms with Crippen molar-refractivity contribution in [3.63, 3.8) is 0 Å². The van der Waals surface area contributed by atoms with E-state index >= 15 is 0 Å². The molecule has 0 aliphatic rings. The van der Waals surface area contributed by atoms with Crippen molar-refractivity contribution in [1.29, 1.82) is 0 Å². The molecule has 0 saturated carbocycles. The minimum absolute atomic E-state index is 0. The molecule has 13 heteroatoms. The fraction of sp³-hybridized carbons (Fsp3) is 0. The van der Waals surface area contributed by atoms with E-state index in [1.807, 2.05) is 109 Å². The topological polar surface area (TPSA) is 204 Å². The Morgan fingerprint density at radius 2 is 0.467 bits per heavy atom. The molecule has 0 aliphatic carbocycles. The van der Waals surface area contributed by atoms with Crippen molar-refractivity contribution in [2.24, 2.45) is 0 Å². The molecule has 6 rings (SSSR count). The molecule has 12 nitrogen and oxygen atoms in total. The minimum atomic E-state index is -2.33. The Hall–Kier alpha value is -5.94. The Kier molecular flexibility index (Phi) is 18.7. The second-order valence-corrected chi connectivity index (χ2v) is 7.79. The zero-order valence-corrected chi connectivity index (χ0v) is 25.1. The van der Waals surface area contributed by atoms with Crippen LogP contribution in [0.15, 0.2) is 146 Å². The molecule has 0 aliphatic heterocycles. The maximum absolute atomic E-state index is 8.33. The van der Waals surface area contributed by atoms with E-state index in [0.717, 1.165) is 34.2 Å². The maximum atomic E-state index is 8.33. The van der Waals surface area contributed by atoms with Crippen molar-refractivity contribution in [1.82, 2.24) is 29.9 Å². The monoisotopic (exact) mass is 690 g/mol. The van der Waals surface area contributed by atoms with Crippen LogP contribution in [0.5, 0.6) is 0 Å². The Balaban J connectivity index is 0.000000299. The summed E-state index contributed by atoms with van der Waals surface area (Å²) >= 11 is 0. The molecule has 0 N–H and O–H groups in total. The summed E-state index contributed by atoms with van der Waals surface area (Å²) in [5.74, 6) is 0. The van der Waals surface area contributed by atoms with Gasteiger partial charge < -0.3 is 30.0 Å². The van der Waals surface area contributed by atoms with Gasteiger partial charge in [-0.1, -0.05) is 36.4 Å². The number of carboxylic acid groups (broad SMARTS) is 4. The zero-order chi connectivity index (χ0) is 31.8. The van der Waals surface area contributed by atoms with Crippen molar-refractivity contribution in [3.05, 3.63) is 146 Å². The summed E-state index contributed by atoms with van der Waals surface area (Å²) in [6.07, 6.45) is 5.94. The summed E-state index contributed by atoms with van der Waals surface area (Å²) in [6, 6.07) is 34.8. The Labute approximate surface area is 271 Å². The fourth-order valence-electron chi connectivity index (χ4n) is 3.09. The molecule has 0 spiro atoms. The first-order chi connectivity index (χ1) is 21.4. The van der Waals surface area contributed by atoms with Gasteiger partial charge in [0.05, 0.1) is 34.2 Å². The Morgan fingerprint density at radius 3 is 0.556 bits per heavy atom. The van der Waals surface area contributed by atoms with Gasteiger partial charge in [0.1, 0.15) is 0 Å². The summed E-state index contributed by atoms with van der Waals surface area (Å²) in [5.41, 5.74) is 5.49. The van der Waals surface area contributed by atoms with Gasteiger partial charge >= 0.3 is 19.5 Å². The largest absolute Gasteiger partial charge is 4.00 e. The third kappa shape index (κ3) is 16.9. The molecule has 0 unspecified atom stereocenters. The molecule has 0 saturated heterocycles. The van der Waals surface area contributed by atoms with Gasteiger partial charge in [-0.3, -0.25) is 29.9 Å². The molecular formula is C32H24N6O6Ru. The quantitative estimate of drug-likeness (QED) is 0.243. The third-order valence-electron chi connectivity index (χ3n) is 4.78. The number of nitrogens with zero attached hydrogens (tertiary/aromatic N) is 6. The third-order valence-corrected chi connectivity index (χ3v) is 4.78. The van der Waals surface area contributed by atoms with Crippen molar-refractivity contribution in [2.75, 3.05) is 0 Å². The van der Waals surface area contributed by atoms with Crippen LogP contribution in [0.1, 0.15) is 0 Å². The van der Waals surface area contributed by atoms with E-state index in [4.69, 9.17) is 30.0 Å². The number of pyridine rings is 6. The standard InChI is InChI=1S/3C10H8N2.2CH2O3.Ru/c3*1-3-7-11-9(5-1)10-6-2-4-8-12-10;2*2-1(3)4;/h3*1-8H;2*(H2,2,3,4);/q;;;;;+4/p-4. The molecule has 0 bridgehead atoms. The van der Waals surface area contributed by atoms with Gasteiger partial charge in [0.15, 0.2) is 0 Å². The minimum Gasteiger partial charge on any atom is -0.652 e. The second kappa shape index (κ2) is 22.6. The van der Waals surface area contributed by atoms with Crippen LogP contribution in [0.3, 0.4) is 0 Å². The smallest absolute Gasteiger partial charge is 0.652 e. The first-order valence-corrected chi connectivity index (χ1v) is 12.6. The van der Waals surface area contributed by atoms with Gasteiger partial charge in [0, 0.05) is 37.2 Å². The van der Waals surface area contributed by atoms with E-state index in [1.165, 1.54) is 0 Å². The van der Waals surface area contributed by atoms with Crippen LogP contribution in [0.2, 0.25) is 0 Å². The summed E-state index contributed by atoms with van der Waals surface area (Å²) < 4.78 is 0. The van der Waals surface area contributed by atoms with Crippen LogP contribution in [0.25, 0.3) is 34.2 Å². The Bertz CT molecular complexity index is 1300. The van der Waals surface area contributed by atoms with Gasteiger partial charge in [0.25, 0.3) is 0 Å². The van der Waals surface area contributed by atoms with E-state index < -0.39 is 12.3 Å². The predicted molar refractivity (Wildman–Crippen MR) is 153 cm³/mol. The van der Waals surface area contributed by atoms with Gasteiger partial charge in [-0.25, -0.2) is 0 Å². The number of carbonyl (C=O) groups is 2. The van der Waals surface area contributed by atoms with Crippen molar-refractivity contribution >= 4 is 12.3 Å². The predicted octanol–water partition coefficient (Wildman–Crippen LogP) is 1.53. The van der Waals surface area contributed by atoms with Crippen molar-refractivity contribution in [3.8, 4) is 34.2 Å². The average Bonchev–Trinajstić information content (AvgIpc) is 3.07. The molecule has 226 valence electrons. The first-order valence-electron chi connectivity index (χ1n) is 12.6. The van der Waals surface area contributed by atoms with Crippen LogP contribution in [-0.4, -0.2) is 42.2 Å². The molecule has 6 heterocycles. The molecule has 0 amide bonds. The molecule has 6 aromatic heterocycles. The van der Waals surface area contributed by atoms with E-state index in [9.17, 15) is 0 Å². The van der Waals surface area contributed by atoms with Crippen LogP contribution in [0.4, 0.5) is 9.59 Å². The molecular weight excluding hydrogens is 665 g/mol. The normalized spacial score (nSPS) is 8.80. The summed E-state index contributed by atoms with van der Waals surface area (Å²) in [5, 5.41) is 33.3. The number of hydrogen-bond acceptors (Lipinski definition) is 12. The first kappa shape index (κ1) is 37.1. The molecule has 0 aromatic carbocycles. The van der Waals surface area contributed by atoms with Crippen LogP contribution >= 0.6 is 0 Å². The molecule has 0 atom stereocenters. The summed E-state index contributed by atoms with van der Waals surface area (Å²) in [7, 11) is 0. The maximum Gasteiger partial charge on any atom is 4.00 e. The number of rotatable bonds is 3. The van der Waals surface area contributed by atoms with Gasteiger partial charge in [-0.2, -0.15) is 0 Å². The van der Waals surface area contributed by atoms with Gasteiger partial charge in [0.2, 0.25) is 0 Å². The van der Waals surface area contributed by atoms with E-state index in [1.54, 1.807) is 37.2 Å². The second-order valence-electron chi connectivity index (χ2n) is 7.79. The SMILES string of the molecule is O=C([O-])[O-].O=C([O-])[O-].[Ru+4].c1ccc(-c2ccccn2)nc1.c1ccc(-c2ccccn2)nc1.c1ccc(-c2ccccn2)nc1. The number of aromatic nitrogens is 6. The van der Waals surface area contributed by atoms with E-state index in [0.29, 0.717) is 0 Å². The fourth-order valence-corrected chi connectivity index (χ4v) is 3.09. The van der Waals surface area contributed by atoms with Crippen LogP contribution in [0, 0.1) is 0 Å². The summed E-state index contributed by atoms with van der Waals surface area (Å²) in [4.78, 5) is 41.8. The Morgan fingerprint density at radius 1 is 0.333 bits per heavy atom.